The van der Waals surface area contributed by atoms with Gasteiger partial charge in [-0.15, -0.1) is 0 Å². The summed E-state index contributed by atoms with van der Waals surface area (Å²) in [6, 6.07) is 4.11. The summed E-state index contributed by atoms with van der Waals surface area (Å²) in [6.45, 7) is 7.37. The lowest BCUT2D eigenvalue weighted by Gasteiger charge is -2.36. The zero-order valence-corrected chi connectivity index (χ0v) is 19.7. The van der Waals surface area contributed by atoms with Gasteiger partial charge in [0.2, 0.25) is 5.60 Å². The highest BCUT2D eigenvalue weighted by Gasteiger charge is 2.70. The fraction of sp³-hybridized carbons (Fsp3) is 0.600. The Morgan fingerprint density at radius 2 is 2.18 bits per heavy atom. The lowest BCUT2D eigenvalue weighted by atomic mass is 9.82. The Kier molecular flexibility index (Phi) is 5.83. The van der Waals surface area contributed by atoms with Crippen LogP contribution in [-0.2, 0) is 33.5 Å². The van der Waals surface area contributed by atoms with Crippen LogP contribution in [0.5, 0.6) is 0 Å². The Balaban J connectivity index is 1.65. The minimum Gasteiger partial charge on any atom is -0.462 e. The van der Waals surface area contributed by atoms with E-state index in [0.717, 1.165) is 6.92 Å². The first kappa shape index (κ1) is 23.7. The van der Waals surface area contributed by atoms with Crippen molar-refractivity contribution in [2.24, 2.45) is 0 Å². The number of nitrogens with zero attached hydrogens (tertiary/aromatic N) is 4. The minimum atomic E-state index is -4.13. The van der Waals surface area contributed by atoms with Gasteiger partial charge < -0.3 is 9.47 Å². The zero-order valence-electron chi connectivity index (χ0n) is 18.8. The van der Waals surface area contributed by atoms with E-state index in [1.54, 1.807) is 26.8 Å². The van der Waals surface area contributed by atoms with Crippen molar-refractivity contribution in [1.29, 1.82) is 5.26 Å². The van der Waals surface area contributed by atoms with Crippen molar-refractivity contribution in [3.8, 4) is 6.07 Å². The minimum absolute atomic E-state index is 0.144. The second-order valence-electron chi connectivity index (χ2n) is 8.54. The molecule has 13 heteroatoms. The number of ether oxygens (including phenoxy) is 2. The number of hydrogen-bond acceptors (Lipinski definition) is 9. The highest BCUT2D eigenvalue weighted by Crippen LogP contribution is 2.59. The first-order chi connectivity index (χ1) is 15.4. The molecule has 0 aliphatic carbocycles. The molecule has 2 aliphatic rings. The van der Waals surface area contributed by atoms with E-state index < -0.39 is 43.2 Å². The van der Waals surface area contributed by atoms with Gasteiger partial charge in [-0.1, -0.05) is 0 Å². The molecule has 178 valence electrons. The van der Waals surface area contributed by atoms with Gasteiger partial charge in [0.15, 0.2) is 5.67 Å². The van der Waals surface area contributed by atoms with Crippen molar-refractivity contribution in [1.82, 2.24) is 19.7 Å². The molecule has 2 fully saturated rings. The largest absolute Gasteiger partial charge is 0.462 e. The number of alkyl halides is 1. The Morgan fingerprint density at radius 1 is 1.45 bits per heavy atom. The van der Waals surface area contributed by atoms with Crippen LogP contribution in [-0.4, -0.2) is 57.2 Å². The molecule has 0 bridgehead atoms. The molecule has 0 radical (unpaired) electrons. The molecule has 0 spiro atoms. The van der Waals surface area contributed by atoms with Crippen molar-refractivity contribution >= 4 is 19.2 Å². The van der Waals surface area contributed by atoms with Gasteiger partial charge in [0.1, 0.15) is 30.6 Å². The van der Waals surface area contributed by atoms with Gasteiger partial charge in [-0.3, -0.25) is 13.8 Å². The highest BCUT2D eigenvalue weighted by atomic mass is 31.2. The van der Waals surface area contributed by atoms with Gasteiger partial charge in [-0.25, -0.2) is 23.5 Å². The lowest BCUT2D eigenvalue weighted by Crippen LogP contribution is -2.51. The Hall–Kier alpha value is -2.42. The number of hydrogen-bond donors (Lipinski definition) is 1. The fourth-order valence-electron chi connectivity index (χ4n) is 4.11. The lowest BCUT2D eigenvalue weighted by molar-refractivity contribution is -0.149. The van der Waals surface area contributed by atoms with Gasteiger partial charge in [0.05, 0.1) is 29.6 Å². The van der Waals surface area contributed by atoms with E-state index in [4.69, 9.17) is 18.5 Å². The first-order valence-electron chi connectivity index (χ1n) is 10.4. The van der Waals surface area contributed by atoms with Crippen LogP contribution in [0, 0.1) is 18.3 Å². The number of rotatable bonds is 5. The van der Waals surface area contributed by atoms with E-state index in [-0.39, 0.29) is 18.4 Å². The van der Waals surface area contributed by atoms with E-state index >= 15 is 4.39 Å². The van der Waals surface area contributed by atoms with Crippen LogP contribution in [0.1, 0.15) is 39.1 Å². The predicted octanol–water partition coefficient (Wildman–Crippen LogP) is 2.34. The SMILES string of the molecule is Cc1ncnn2c([C@]3(C#N)O[C@@H]4COP(=O)(N[C@@H](C)C(=O)OC(C)C)O[C@H]4[C@@]3(C)F)ccc12. The van der Waals surface area contributed by atoms with E-state index in [0.29, 0.717) is 11.2 Å². The van der Waals surface area contributed by atoms with Crippen LogP contribution in [0.4, 0.5) is 4.39 Å². The molecule has 33 heavy (non-hydrogen) atoms. The van der Waals surface area contributed by atoms with E-state index in [1.165, 1.54) is 23.8 Å². The van der Waals surface area contributed by atoms with Crippen molar-refractivity contribution < 1.29 is 32.3 Å². The Morgan fingerprint density at radius 3 is 2.85 bits per heavy atom. The molecule has 1 N–H and O–H groups in total. The third-order valence-corrected chi connectivity index (χ3v) is 7.47. The van der Waals surface area contributed by atoms with Crippen LogP contribution in [0.25, 0.3) is 5.52 Å². The van der Waals surface area contributed by atoms with Crippen molar-refractivity contribution in [3.63, 3.8) is 0 Å². The molecule has 11 nitrogen and oxygen atoms in total. The molecule has 0 saturated carbocycles. The molecule has 6 atom stereocenters. The topological polar surface area (TPSA) is 137 Å². The molecule has 4 rings (SSSR count). The Labute approximate surface area is 189 Å². The molecular weight excluding hydrogens is 456 g/mol. The van der Waals surface area contributed by atoms with Crippen molar-refractivity contribution in [2.75, 3.05) is 6.61 Å². The number of halogens is 1. The van der Waals surface area contributed by atoms with E-state index in [9.17, 15) is 14.6 Å². The summed E-state index contributed by atoms with van der Waals surface area (Å²) in [5.74, 6) is -0.665. The summed E-state index contributed by atoms with van der Waals surface area (Å²) in [7, 11) is -4.13. The number of aryl methyl sites for hydroxylation is 1. The van der Waals surface area contributed by atoms with Crippen LogP contribution in [0.15, 0.2) is 18.5 Å². The average molecular weight is 481 g/mol. The number of carbonyl (C=O) groups is 1. The summed E-state index contributed by atoms with van der Waals surface area (Å²) < 4.78 is 52.9. The molecule has 2 aromatic heterocycles. The predicted molar refractivity (Wildman–Crippen MR) is 112 cm³/mol. The number of nitrogens with one attached hydrogen (secondary N) is 1. The number of esters is 1. The fourth-order valence-corrected chi connectivity index (χ4v) is 5.86. The molecule has 2 saturated heterocycles. The smallest absolute Gasteiger partial charge is 0.406 e. The number of carbonyl (C=O) groups excluding carboxylic acids is 1. The molecule has 2 aromatic rings. The maximum absolute atomic E-state index is 16.4. The Bertz CT molecular complexity index is 1180. The number of fused-ring (bicyclic) bond motifs is 2. The maximum atomic E-state index is 16.4. The van der Waals surface area contributed by atoms with Crippen LogP contribution in [0.3, 0.4) is 0 Å². The van der Waals surface area contributed by atoms with Crippen LogP contribution < -0.4 is 5.09 Å². The molecule has 0 aromatic carbocycles. The summed E-state index contributed by atoms with van der Waals surface area (Å²) in [4.78, 5) is 16.2. The van der Waals surface area contributed by atoms with Crippen LogP contribution >= 0.6 is 7.75 Å². The second-order valence-corrected chi connectivity index (χ2v) is 10.3. The van der Waals surface area contributed by atoms with E-state index in [2.05, 4.69) is 15.2 Å². The summed E-state index contributed by atoms with van der Waals surface area (Å²) in [5.41, 5.74) is -3.22. The molecule has 4 heterocycles. The average Bonchev–Trinajstić information content (AvgIpc) is 3.26. The molecule has 2 aliphatic heterocycles. The van der Waals surface area contributed by atoms with Gasteiger partial charge in [-0.2, -0.15) is 10.4 Å². The molecule has 1 unspecified atom stereocenters. The van der Waals surface area contributed by atoms with Crippen LogP contribution in [0.2, 0.25) is 0 Å². The van der Waals surface area contributed by atoms with Gasteiger partial charge in [0, 0.05) is 0 Å². The monoisotopic (exact) mass is 481 g/mol. The molecule has 0 amide bonds. The van der Waals surface area contributed by atoms with Gasteiger partial charge in [0.25, 0.3) is 0 Å². The quantitative estimate of drug-likeness (QED) is 0.500. The van der Waals surface area contributed by atoms with Crippen molar-refractivity contribution in [3.05, 3.63) is 29.8 Å². The normalized spacial score (nSPS) is 34.7. The van der Waals surface area contributed by atoms with Crippen molar-refractivity contribution in [2.45, 2.75) is 70.2 Å². The van der Waals surface area contributed by atoms with Gasteiger partial charge >= 0.3 is 13.7 Å². The molecular formula is C20H25FN5O6P. The summed E-state index contributed by atoms with van der Waals surface area (Å²) in [5, 5.41) is 16.7. The standard InChI is InChI=1S/C20H25FN5O6P/c1-11(2)30-18(27)13(4)25-33(28)29-8-15-17(32-33)19(5,21)20(9-22,31-15)16-7-6-14-12(3)23-10-24-26(14)16/h6-7,10-11,13,15,17H,8H2,1-5H3,(H,25,28)/t13-,15+,17+,19+,20-,33?/m0/s1. The second kappa shape index (κ2) is 8.11. The highest BCUT2D eigenvalue weighted by molar-refractivity contribution is 7.51. The third-order valence-electron chi connectivity index (χ3n) is 5.77. The van der Waals surface area contributed by atoms with Gasteiger partial charge in [-0.05, 0) is 46.8 Å². The van der Waals surface area contributed by atoms with E-state index in [1.807, 2.05) is 6.07 Å². The summed E-state index contributed by atoms with van der Waals surface area (Å²) >= 11 is 0. The first-order valence-corrected chi connectivity index (χ1v) is 12.0. The number of aromatic nitrogens is 3. The zero-order chi connectivity index (χ0) is 24.2. The third kappa shape index (κ3) is 3.74. The number of nitriles is 1. The maximum Gasteiger partial charge on any atom is 0.406 e. The summed E-state index contributed by atoms with van der Waals surface area (Å²) in [6.07, 6.45) is -1.54.